The van der Waals surface area contributed by atoms with Crippen LogP contribution in [0.3, 0.4) is 0 Å². The number of dihydropyridines is 1. The van der Waals surface area contributed by atoms with E-state index in [4.69, 9.17) is 0 Å². The Bertz CT molecular complexity index is 1890. The lowest BCUT2D eigenvalue weighted by Gasteiger charge is -2.30. The van der Waals surface area contributed by atoms with E-state index in [1.165, 1.54) is 12.0 Å². The number of carbonyl (C=O) groups is 5. The molecule has 13 heteroatoms. The van der Waals surface area contributed by atoms with Gasteiger partial charge in [-0.3, -0.25) is 19.2 Å². The highest BCUT2D eigenvalue weighted by molar-refractivity contribution is 5.99. The van der Waals surface area contributed by atoms with Crippen molar-refractivity contribution in [3.63, 3.8) is 0 Å². The molecule has 4 heterocycles. The summed E-state index contributed by atoms with van der Waals surface area (Å²) in [6.45, 7) is 4.64. The van der Waals surface area contributed by atoms with Gasteiger partial charge >= 0.3 is 6.09 Å². The molecule has 6 rings (SSSR count). The molecule has 2 aromatic carbocycles. The highest BCUT2D eigenvalue weighted by Crippen LogP contribution is 2.26. The van der Waals surface area contributed by atoms with Crippen molar-refractivity contribution in [1.29, 1.82) is 0 Å². The van der Waals surface area contributed by atoms with E-state index in [9.17, 15) is 24.0 Å². The molecule has 4 atom stereocenters. The molecule has 0 spiro atoms. The Labute approximate surface area is 302 Å². The number of likely N-dealkylation sites (tertiary alicyclic amines) is 2. The molecule has 0 saturated carbocycles. The number of anilines is 1. The summed E-state index contributed by atoms with van der Waals surface area (Å²) in [5, 5.41) is 12.6. The summed E-state index contributed by atoms with van der Waals surface area (Å²) in [5.74, 6) is -0.704. The van der Waals surface area contributed by atoms with E-state index >= 15 is 0 Å². The summed E-state index contributed by atoms with van der Waals surface area (Å²) < 4.78 is 4.69. The molecule has 13 nitrogen and oxygen atoms in total. The van der Waals surface area contributed by atoms with E-state index in [0.29, 0.717) is 43.7 Å². The number of methoxy groups -OCH3 is 1. The topological polar surface area (TPSA) is 162 Å². The molecule has 52 heavy (non-hydrogen) atoms. The molecule has 3 aliphatic heterocycles. The Morgan fingerprint density at radius 1 is 0.923 bits per heavy atom. The molecular weight excluding hydrogens is 662 g/mol. The number of pyridine rings is 1. The molecule has 3 aromatic rings. The van der Waals surface area contributed by atoms with Crippen molar-refractivity contribution in [3.05, 3.63) is 90.1 Å². The summed E-state index contributed by atoms with van der Waals surface area (Å²) in [7, 11) is 1.24. The number of amides is 5. The first-order chi connectivity index (χ1) is 25.1. The number of carbonyl (C=O) groups excluding carboxylic acids is 5. The van der Waals surface area contributed by atoms with Gasteiger partial charge in [0.05, 0.1) is 19.0 Å². The second-order valence-electron chi connectivity index (χ2n) is 13.7. The van der Waals surface area contributed by atoms with Crippen LogP contribution in [0.5, 0.6) is 0 Å². The molecular formula is C39H45N7O6. The third-order valence-electron chi connectivity index (χ3n) is 9.76. The van der Waals surface area contributed by atoms with Crippen molar-refractivity contribution in [2.45, 2.75) is 70.2 Å². The molecule has 0 bridgehead atoms. The fourth-order valence-electron chi connectivity index (χ4n) is 6.98. The highest BCUT2D eigenvalue weighted by Gasteiger charge is 2.39. The summed E-state index contributed by atoms with van der Waals surface area (Å²) in [5.41, 5.74) is 3.47. The number of rotatable bonds is 10. The number of aromatic nitrogens is 1. The zero-order valence-electron chi connectivity index (χ0n) is 29.6. The third kappa shape index (κ3) is 8.25. The number of fused-ring (bicyclic) bond motifs is 1. The van der Waals surface area contributed by atoms with E-state index in [1.54, 1.807) is 11.0 Å². The minimum absolute atomic E-state index is 0.0444. The minimum atomic E-state index is -0.812. The van der Waals surface area contributed by atoms with Crippen LogP contribution in [-0.2, 0) is 30.3 Å². The van der Waals surface area contributed by atoms with Gasteiger partial charge in [-0.25, -0.2) is 9.78 Å². The first kappa shape index (κ1) is 36.1. The number of nitrogens with one attached hydrogen (secondary N) is 4. The Hall–Kier alpha value is -5.72. The number of hydrogen-bond acceptors (Lipinski definition) is 8. The lowest BCUT2D eigenvalue weighted by atomic mass is 10.0. The molecule has 0 aliphatic carbocycles. The number of nitrogens with zero attached hydrogens (tertiary/aromatic N) is 3. The van der Waals surface area contributed by atoms with Crippen molar-refractivity contribution in [2.75, 3.05) is 25.5 Å². The molecule has 272 valence electrons. The van der Waals surface area contributed by atoms with Crippen LogP contribution in [0.25, 0.3) is 16.5 Å². The van der Waals surface area contributed by atoms with Gasteiger partial charge in [0.15, 0.2) is 0 Å². The van der Waals surface area contributed by atoms with Crippen LogP contribution in [0.2, 0.25) is 0 Å². The summed E-state index contributed by atoms with van der Waals surface area (Å²) in [6, 6.07) is 17.0. The van der Waals surface area contributed by atoms with Crippen molar-refractivity contribution < 1.29 is 28.7 Å². The average Bonchev–Trinajstić information content (AvgIpc) is 3.85. The SMILES string of the molecule is COC(=O)N[C@H](C(=O)N1CCC[C@H]1C(=O)Nc1ccc2cc(C3=CNC(NC(=O)[C@@H]4CCCN4C(=O)Cc4ccccc4)C=C3)ccc2n1)C(C)C. The Kier molecular flexibility index (Phi) is 11.2. The van der Waals surface area contributed by atoms with Gasteiger partial charge in [-0.05, 0) is 78.6 Å². The quantitative estimate of drug-likeness (QED) is 0.248. The number of benzene rings is 2. The molecule has 1 unspecified atom stereocenters. The van der Waals surface area contributed by atoms with Crippen LogP contribution >= 0.6 is 0 Å². The van der Waals surface area contributed by atoms with Crippen molar-refractivity contribution in [2.24, 2.45) is 5.92 Å². The van der Waals surface area contributed by atoms with Gasteiger partial charge in [-0.1, -0.05) is 56.3 Å². The fraction of sp³-hybridized carbons (Fsp3) is 0.385. The maximum Gasteiger partial charge on any atom is 0.407 e. The van der Waals surface area contributed by atoms with Crippen molar-refractivity contribution in [3.8, 4) is 0 Å². The number of ether oxygens (including phenoxy) is 1. The summed E-state index contributed by atoms with van der Waals surface area (Å²) >= 11 is 0. The predicted octanol–water partition coefficient (Wildman–Crippen LogP) is 3.72. The standard InChI is InChI=1S/C39H45N7O6/c1-24(2)35(44-39(51)52-3)38(50)46-20-8-12-31(46)37(49)43-33-18-14-27-22-26(13-16-29(27)41-33)28-15-17-32(40-23-28)42-36(48)30-11-7-19-45(30)34(47)21-25-9-5-4-6-10-25/h4-6,9-10,13-18,22-24,30-32,35,40H,7-8,11-12,19-21H2,1-3H3,(H,42,48)(H,44,51)(H,41,43,49)/t30-,31-,32?,35-/m0/s1. The number of alkyl carbamates (subject to hydrolysis) is 1. The Morgan fingerprint density at radius 3 is 2.35 bits per heavy atom. The van der Waals surface area contributed by atoms with Crippen LogP contribution in [0.15, 0.2) is 79.0 Å². The van der Waals surface area contributed by atoms with Crippen LogP contribution in [-0.4, -0.2) is 89.0 Å². The fourth-order valence-corrected chi connectivity index (χ4v) is 6.98. The maximum absolute atomic E-state index is 13.4. The van der Waals surface area contributed by atoms with Gasteiger partial charge < -0.3 is 35.8 Å². The molecule has 1 aromatic heterocycles. The van der Waals surface area contributed by atoms with Crippen molar-refractivity contribution >= 4 is 52.0 Å². The maximum atomic E-state index is 13.4. The molecule has 0 radical (unpaired) electrons. The lowest BCUT2D eigenvalue weighted by Crippen LogP contribution is -2.54. The van der Waals surface area contributed by atoms with E-state index in [1.807, 2.05) is 86.8 Å². The van der Waals surface area contributed by atoms with Crippen molar-refractivity contribution in [1.82, 2.24) is 30.7 Å². The zero-order chi connectivity index (χ0) is 36.8. The average molecular weight is 708 g/mol. The Balaban J connectivity index is 1.04. The molecule has 2 saturated heterocycles. The summed E-state index contributed by atoms with van der Waals surface area (Å²) in [6.07, 6.45) is 7.43. The molecule has 3 aliphatic rings. The van der Waals surface area contributed by atoms with Crippen LogP contribution in [0.4, 0.5) is 10.6 Å². The van der Waals surface area contributed by atoms with E-state index in [-0.39, 0.29) is 36.0 Å². The largest absolute Gasteiger partial charge is 0.453 e. The van der Waals surface area contributed by atoms with Crippen LogP contribution in [0, 0.1) is 5.92 Å². The molecule has 5 amide bonds. The second kappa shape index (κ2) is 16.1. The van der Waals surface area contributed by atoms with Crippen LogP contribution < -0.4 is 21.3 Å². The molecule has 4 N–H and O–H groups in total. The van der Waals surface area contributed by atoms with Gasteiger partial charge in [0.25, 0.3) is 0 Å². The monoisotopic (exact) mass is 707 g/mol. The number of allylic oxidation sites excluding steroid dienone is 2. The van der Waals surface area contributed by atoms with E-state index in [2.05, 4.69) is 31.0 Å². The molecule has 2 fully saturated rings. The minimum Gasteiger partial charge on any atom is -0.453 e. The first-order valence-electron chi connectivity index (χ1n) is 17.8. The number of hydrogen-bond donors (Lipinski definition) is 4. The smallest absolute Gasteiger partial charge is 0.407 e. The zero-order valence-corrected chi connectivity index (χ0v) is 29.6. The highest BCUT2D eigenvalue weighted by atomic mass is 16.5. The Morgan fingerprint density at radius 2 is 1.65 bits per heavy atom. The first-order valence-corrected chi connectivity index (χ1v) is 17.8. The second-order valence-corrected chi connectivity index (χ2v) is 13.7. The van der Waals surface area contributed by atoms with Crippen LogP contribution in [0.1, 0.15) is 50.7 Å². The lowest BCUT2D eigenvalue weighted by molar-refractivity contribution is -0.139. The predicted molar refractivity (Wildman–Crippen MR) is 196 cm³/mol. The summed E-state index contributed by atoms with van der Waals surface area (Å²) in [4.78, 5) is 72.7. The van der Waals surface area contributed by atoms with Gasteiger partial charge in [0.2, 0.25) is 23.6 Å². The van der Waals surface area contributed by atoms with Gasteiger partial charge in [0.1, 0.15) is 30.1 Å². The van der Waals surface area contributed by atoms with Gasteiger partial charge in [-0.2, -0.15) is 0 Å². The van der Waals surface area contributed by atoms with E-state index < -0.39 is 30.4 Å². The van der Waals surface area contributed by atoms with Gasteiger partial charge in [0, 0.05) is 24.7 Å². The normalized spacial score (nSPS) is 20.2. The van der Waals surface area contributed by atoms with Gasteiger partial charge in [-0.15, -0.1) is 0 Å². The third-order valence-corrected chi connectivity index (χ3v) is 9.76. The van der Waals surface area contributed by atoms with E-state index in [0.717, 1.165) is 28.5 Å².